The molecule has 0 atom stereocenters. The fourth-order valence-corrected chi connectivity index (χ4v) is 2.38. The summed E-state index contributed by atoms with van der Waals surface area (Å²) in [5.41, 5.74) is 0. The van der Waals surface area contributed by atoms with Crippen molar-refractivity contribution in [3.63, 3.8) is 0 Å². The van der Waals surface area contributed by atoms with Crippen molar-refractivity contribution in [2.24, 2.45) is 0 Å². The second-order valence-corrected chi connectivity index (χ2v) is 5.64. The van der Waals surface area contributed by atoms with Crippen molar-refractivity contribution >= 4 is 10.0 Å². The van der Waals surface area contributed by atoms with Crippen LogP contribution >= 0.6 is 0 Å². The molecule has 2 N–H and O–H groups in total. The Balaban J connectivity index is 2.23. The Morgan fingerprint density at radius 1 is 1.39 bits per heavy atom. The molecule has 1 rings (SSSR count). The standard InChI is InChI=1S/C9H14F3N3O2S/c10-9(11,12)3-1-7-18(16,17)15-4-2-8-13-5-6-14-8/h5-6,15H,1-4,7H2,(H,13,14). The van der Waals surface area contributed by atoms with Gasteiger partial charge in [-0.2, -0.15) is 13.2 Å². The van der Waals surface area contributed by atoms with Crippen LogP contribution in [-0.4, -0.2) is 36.9 Å². The molecule has 9 heteroatoms. The molecular weight excluding hydrogens is 271 g/mol. The number of aromatic amines is 1. The highest BCUT2D eigenvalue weighted by molar-refractivity contribution is 7.89. The summed E-state index contributed by atoms with van der Waals surface area (Å²) in [7, 11) is -3.65. The molecule has 0 aliphatic rings. The van der Waals surface area contributed by atoms with E-state index >= 15 is 0 Å². The molecule has 0 aliphatic carbocycles. The predicted octanol–water partition coefficient (Wildman–Crippen LogP) is 1.21. The summed E-state index contributed by atoms with van der Waals surface area (Å²) in [5, 5.41) is 0. The average Bonchev–Trinajstić information content (AvgIpc) is 2.67. The maximum atomic E-state index is 11.8. The summed E-state index contributed by atoms with van der Waals surface area (Å²) < 4.78 is 60.4. The largest absolute Gasteiger partial charge is 0.389 e. The zero-order valence-electron chi connectivity index (χ0n) is 9.50. The number of halogens is 3. The lowest BCUT2D eigenvalue weighted by Gasteiger charge is -2.07. The van der Waals surface area contributed by atoms with Gasteiger partial charge in [-0.1, -0.05) is 0 Å². The molecule has 0 saturated heterocycles. The smallest absolute Gasteiger partial charge is 0.349 e. The Morgan fingerprint density at radius 3 is 2.67 bits per heavy atom. The van der Waals surface area contributed by atoms with Crippen LogP contribution in [0, 0.1) is 0 Å². The van der Waals surface area contributed by atoms with Crippen LogP contribution in [0.4, 0.5) is 13.2 Å². The van der Waals surface area contributed by atoms with Crippen LogP contribution in [0.2, 0.25) is 0 Å². The van der Waals surface area contributed by atoms with Crippen molar-refractivity contribution in [1.29, 1.82) is 0 Å². The highest BCUT2D eigenvalue weighted by Gasteiger charge is 2.27. The minimum atomic E-state index is -4.32. The van der Waals surface area contributed by atoms with Crippen molar-refractivity contribution in [3.05, 3.63) is 18.2 Å². The van der Waals surface area contributed by atoms with Crippen LogP contribution in [-0.2, 0) is 16.4 Å². The molecule has 5 nitrogen and oxygen atoms in total. The predicted molar refractivity (Wildman–Crippen MR) is 59.4 cm³/mol. The molecule has 0 amide bonds. The van der Waals surface area contributed by atoms with Gasteiger partial charge in [-0.25, -0.2) is 18.1 Å². The van der Waals surface area contributed by atoms with Gasteiger partial charge in [0.1, 0.15) is 5.82 Å². The van der Waals surface area contributed by atoms with Crippen LogP contribution in [0.25, 0.3) is 0 Å². The number of nitrogens with one attached hydrogen (secondary N) is 2. The van der Waals surface area contributed by atoms with Crippen molar-refractivity contribution < 1.29 is 21.6 Å². The fraction of sp³-hybridized carbons (Fsp3) is 0.667. The second-order valence-electron chi connectivity index (χ2n) is 3.72. The number of hydrogen-bond acceptors (Lipinski definition) is 3. The van der Waals surface area contributed by atoms with Gasteiger partial charge in [-0.05, 0) is 6.42 Å². The first-order valence-corrected chi connectivity index (χ1v) is 6.96. The average molecular weight is 285 g/mol. The molecule has 0 saturated carbocycles. The Hall–Kier alpha value is -1.09. The van der Waals surface area contributed by atoms with E-state index in [2.05, 4.69) is 14.7 Å². The lowest BCUT2D eigenvalue weighted by atomic mass is 10.3. The summed E-state index contributed by atoms with van der Waals surface area (Å²) in [6.45, 7) is 0.113. The van der Waals surface area contributed by atoms with Crippen LogP contribution in [0.5, 0.6) is 0 Å². The summed E-state index contributed by atoms with van der Waals surface area (Å²) in [6.07, 6.45) is -2.33. The van der Waals surface area contributed by atoms with Crippen molar-refractivity contribution in [2.75, 3.05) is 12.3 Å². The van der Waals surface area contributed by atoms with E-state index < -0.39 is 34.8 Å². The van der Waals surface area contributed by atoms with Gasteiger partial charge in [0.15, 0.2) is 0 Å². The first-order chi connectivity index (χ1) is 8.29. The van der Waals surface area contributed by atoms with Gasteiger partial charge >= 0.3 is 6.18 Å². The maximum Gasteiger partial charge on any atom is 0.389 e. The zero-order valence-corrected chi connectivity index (χ0v) is 10.3. The summed E-state index contributed by atoms with van der Waals surface area (Å²) in [4.78, 5) is 6.68. The third kappa shape index (κ3) is 6.60. The molecule has 0 bridgehead atoms. The minimum absolute atomic E-state index is 0.113. The third-order valence-corrected chi connectivity index (χ3v) is 3.58. The normalized spacial score (nSPS) is 12.8. The molecule has 104 valence electrons. The molecule has 0 radical (unpaired) electrons. The zero-order chi connectivity index (χ0) is 13.6. The van der Waals surface area contributed by atoms with Gasteiger partial charge in [0.05, 0.1) is 5.75 Å². The monoisotopic (exact) mass is 285 g/mol. The lowest BCUT2D eigenvalue weighted by molar-refractivity contribution is -0.134. The molecule has 18 heavy (non-hydrogen) atoms. The molecule has 0 spiro atoms. The van der Waals surface area contributed by atoms with Gasteiger partial charge in [-0.15, -0.1) is 0 Å². The van der Waals surface area contributed by atoms with Crippen molar-refractivity contribution in [2.45, 2.75) is 25.4 Å². The van der Waals surface area contributed by atoms with Gasteiger partial charge in [-0.3, -0.25) is 0 Å². The topological polar surface area (TPSA) is 74.8 Å². The van der Waals surface area contributed by atoms with Gasteiger partial charge in [0, 0.05) is 31.8 Å². The Bertz CT molecular complexity index is 442. The van der Waals surface area contributed by atoms with Gasteiger partial charge in [0.25, 0.3) is 0 Å². The summed E-state index contributed by atoms with van der Waals surface area (Å²) in [5.74, 6) is 0.0954. The maximum absolute atomic E-state index is 11.8. The summed E-state index contributed by atoms with van der Waals surface area (Å²) >= 11 is 0. The number of imidazole rings is 1. The van der Waals surface area contributed by atoms with E-state index in [1.54, 1.807) is 6.20 Å². The van der Waals surface area contributed by atoms with E-state index in [0.717, 1.165) is 0 Å². The first kappa shape index (κ1) is 15.0. The molecule has 0 unspecified atom stereocenters. The number of aromatic nitrogens is 2. The quantitative estimate of drug-likeness (QED) is 0.791. The number of hydrogen-bond donors (Lipinski definition) is 2. The van der Waals surface area contributed by atoms with Crippen molar-refractivity contribution in [3.8, 4) is 0 Å². The van der Waals surface area contributed by atoms with E-state index in [-0.39, 0.29) is 6.54 Å². The van der Waals surface area contributed by atoms with Crippen LogP contribution in [0.1, 0.15) is 18.7 Å². The Kier molecular flexibility index (Phi) is 5.15. The Morgan fingerprint density at radius 2 is 2.11 bits per heavy atom. The SMILES string of the molecule is O=S(=O)(CCCC(F)(F)F)NCCc1ncc[nH]1. The highest BCUT2D eigenvalue weighted by Crippen LogP contribution is 2.21. The molecule has 1 aromatic heterocycles. The number of alkyl halides is 3. The molecule has 0 aromatic carbocycles. The molecule has 0 fully saturated rings. The van der Waals surface area contributed by atoms with E-state index in [1.807, 2.05) is 0 Å². The van der Waals surface area contributed by atoms with E-state index in [0.29, 0.717) is 12.2 Å². The van der Waals surface area contributed by atoms with E-state index in [1.165, 1.54) is 6.20 Å². The van der Waals surface area contributed by atoms with Crippen LogP contribution < -0.4 is 4.72 Å². The van der Waals surface area contributed by atoms with E-state index in [4.69, 9.17) is 0 Å². The minimum Gasteiger partial charge on any atom is -0.349 e. The van der Waals surface area contributed by atoms with Gasteiger partial charge < -0.3 is 4.98 Å². The number of nitrogens with zero attached hydrogens (tertiary/aromatic N) is 1. The first-order valence-electron chi connectivity index (χ1n) is 5.31. The lowest BCUT2D eigenvalue weighted by Crippen LogP contribution is -2.29. The third-order valence-electron chi connectivity index (χ3n) is 2.11. The summed E-state index contributed by atoms with van der Waals surface area (Å²) in [6, 6.07) is 0. The molecule has 0 aliphatic heterocycles. The molecule has 1 heterocycles. The Labute approximate surface area is 103 Å². The second kappa shape index (κ2) is 6.19. The molecular formula is C9H14F3N3O2S. The van der Waals surface area contributed by atoms with Gasteiger partial charge in [0.2, 0.25) is 10.0 Å². The van der Waals surface area contributed by atoms with Crippen molar-refractivity contribution in [1.82, 2.24) is 14.7 Å². The molecule has 1 aromatic rings. The van der Waals surface area contributed by atoms with Crippen LogP contribution in [0.15, 0.2) is 12.4 Å². The fourth-order valence-electron chi connectivity index (χ4n) is 1.29. The number of sulfonamides is 1. The van der Waals surface area contributed by atoms with Crippen LogP contribution in [0.3, 0.4) is 0 Å². The highest BCUT2D eigenvalue weighted by atomic mass is 32.2. The number of rotatable bonds is 7. The number of H-pyrrole nitrogens is 1. The van der Waals surface area contributed by atoms with E-state index in [9.17, 15) is 21.6 Å².